The van der Waals surface area contributed by atoms with E-state index in [1.165, 1.54) is 10.4 Å². The second kappa shape index (κ2) is 11.0. The Morgan fingerprint density at radius 2 is 1.71 bits per heavy atom. The number of nitrogens with zero attached hydrogens (tertiary/aromatic N) is 2. The molecule has 2 atom stereocenters. The van der Waals surface area contributed by atoms with Gasteiger partial charge in [0.25, 0.3) is 0 Å². The van der Waals surface area contributed by atoms with Crippen molar-refractivity contribution in [1.82, 2.24) is 9.80 Å². The summed E-state index contributed by atoms with van der Waals surface area (Å²) in [6.45, 7) is 7.59. The molecule has 3 aromatic rings. The third kappa shape index (κ3) is 5.25. The number of hydrogen-bond acceptors (Lipinski definition) is 3. The summed E-state index contributed by atoms with van der Waals surface area (Å²) >= 11 is 1.77. The zero-order chi connectivity index (χ0) is 24.1. The van der Waals surface area contributed by atoms with Crippen LogP contribution >= 0.6 is 11.3 Å². The van der Waals surface area contributed by atoms with E-state index >= 15 is 0 Å². The van der Waals surface area contributed by atoms with Crippen molar-refractivity contribution >= 4 is 23.2 Å². The molecule has 1 aromatic heterocycles. The molecule has 0 saturated heterocycles. The Hall–Kier alpha value is -2.92. The van der Waals surface area contributed by atoms with Gasteiger partial charge in [-0.1, -0.05) is 81.4 Å². The zero-order valence-corrected chi connectivity index (χ0v) is 21.1. The molecular weight excluding hydrogens is 440 g/mol. The Labute approximate surface area is 207 Å². The predicted octanol–water partition coefficient (Wildman–Crippen LogP) is 5.90. The summed E-state index contributed by atoms with van der Waals surface area (Å²) in [5.41, 5.74) is 3.35. The number of carbonyl (C=O) groups is 2. The van der Waals surface area contributed by atoms with E-state index < -0.39 is 0 Å². The molecule has 0 spiro atoms. The van der Waals surface area contributed by atoms with E-state index in [-0.39, 0.29) is 36.2 Å². The fourth-order valence-electron chi connectivity index (χ4n) is 4.97. The summed E-state index contributed by atoms with van der Waals surface area (Å²) < 4.78 is 0. The largest absolute Gasteiger partial charge is 0.333 e. The maximum atomic E-state index is 13.8. The van der Waals surface area contributed by atoms with Crippen molar-refractivity contribution in [1.29, 1.82) is 0 Å². The predicted molar refractivity (Wildman–Crippen MR) is 139 cm³/mol. The molecule has 0 bridgehead atoms. The van der Waals surface area contributed by atoms with Crippen LogP contribution in [0.2, 0.25) is 0 Å². The minimum Gasteiger partial charge on any atom is -0.333 e. The fraction of sp³-hybridized carbons (Fsp3) is 0.379. The molecule has 1 aliphatic heterocycles. The summed E-state index contributed by atoms with van der Waals surface area (Å²) in [6.07, 6.45) is 1.57. The lowest BCUT2D eigenvalue weighted by atomic mass is 9.93. The first-order valence-corrected chi connectivity index (χ1v) is 13.1. The highest BCUT2D eigenvalue weighted by Gasteiger charge is 2.35. The summed E-state index contributed by atoms with van der Waals surface area (Å²) in [6, 6.07) is 22.2. The molecule has 5 heteroatoms. The molecule has 4 nitrogen and oxygen atoms in total. The van der Waals surface area contributed by atoms with Crippen LogP contribution in [0.25, 0.3) is 0 Å². The van der Waals surface area contributed by atoms with Gasteiger partial charge in [-0.25, -0.2) is 0 Å². The third-order valence-corrected chi connectivity index (χ3v) is 7.53. The topological polar surface area (TPSA) is 40.6 Å². The van der Waals surface area contributed by atoms with Gasteiger partial charge >= 0.3 is 0 Å². The molecule has 4 rings (SSSR count). The Kier molecular flexibility index (Phi) is 7.84. The van der Waals surface area contributed by atoms with Crippen LogP contribution in [0, 0.1) is 5.92 Å². The molecule has 0 radical (unpaired) electrons. The Balaban J connectivity index is 1.60. The normalized spacial score (nSPS) is 16.2. The highest BCUT2D eigenvalue weighted by molar-refractivity contribution is 7.10. The van der Waals surface area contributed by atoms with Gasteiger partial charge < -0.3 is 9.80 Å². The van der Waals surface area contributed by atoms with Crippen LogP contribution in [0.15, 0.2) is 72.1 Å². The van der Waals surface area contributed by atoms with Gasteiger partial charge in [-0.05, 0) is 46.9 Å². The van der Waals surface area contributed by atoms with Gasteiger partial charge in [-0.15, -0.1) is 11.3 Å². The summed E-state index contributed by atoms with van der Waals surface area (Å²) in [4.78, 5) is 32.6. The Morgan fingerprint density at radius 3 is 2.35 bits per heavy atom. The van der Waals surface area contributed by atoms with Crippen LogP contribution in [0.5, 0.6) is 0 Å². The van der Waals surface area contributed by atoms with E-state index in [1.807, 2.05) is 60.4 Å². The third-order valence-electron chi connectivity index (χ3n) is 6.53. The van der Waals surface area contributed by atoms with Gasteiger partial charge in [-0.3, -0.25) is 9.59 Å². The van der Waals surface area contributed by atoms with Gasteiger partial charge in [-0.2, -0.15) is 0 Å². The molecule has 178 valence electrons. The molecule has 2 aromatic carbocycles. The van der Waals surface area contributed by atoms with Crippen molar-refractivity contribution < 1.29 is 9.59 Å². The minimum atomic E-state index is -0.234. The average molecular weight is 475 g/mol. The van der Waals surface area contributed by atoms with Crippen molar-refractivity contribution in [2.75, 3.05) is 19.6 Å². The van der Waals surface area contributed by atoms with Crippen molar-refractivity contribution in [2.45, 2.75) is 45.6 Å². The van der Waals surface area contributed by atoms with Crippen LogP contribution in [0.3, 0.4) is 0 Å². The van der Waals surface area contributed by atoms with Crippen LogP contribution in [0.4, 0.5) is 0 Å². The maximum Gasteiger partial charge on any atom is 0.242 e. The standard InChI is InChI=1S/C29H34N2O2S/c1-4-24(22-11-7-5-8-12-22)29(33)30(19-21(2)3)20-27(32)31-17-15-26-25(16-18-34-26)28(31)23-13-9-6-10-14-23/h5-14,16,18,21,24,28H,4,15,17,19-20H2,1-3H3. The van der Waals surface area contributed by atoms with Crippen LogP contribution in [0.1, 0.15) is 60.7 Å². The first-order chi connectivity index (χ1) is 16.5. The molecule has 34 heavy (non-hydrogen) atoms. The minimum absolute atomic E-state index is 0.0163. The number of amides is 2. The lowest BCUT2D eigenvalue weighted by Gasteiger charge is -2.38. The molecule has 2 amide bonds. The van der Waals surface area contributed by atoms with Crippen molar-refractivity contribution in [3.8, 4) is 0 Å². The number of benzene rings is 2. The lowest BCUT2D eigenvalue weighted by Crippen LogP contribution is -2.48. The molecule has 0 fully saturated rings. The van der Waals surface area contributed by atoms with E-state index in [9.17, 15) is 9.59 Å². The number of rotatable bonds is 8. The summed E-state index contributed by atoms with van der Waals surface area (Å²) in [5, 5.41) is 2.12. The van der Waals surface area contributed by atoms with Crippen LogP contribution in [-0.4, -0.2) is 41.2 Å². The summed E-state index contributed by atoms with van der Waals surface area (Å²) in [5.74, 6) is 0.102. The zero-order valence-electron chi connectivity index (χ0n) is 20.3. The molecule has 0 N–H and O–H groups in total. The maximum absolute atomic E-state index is 13.8. The number of hydrogen-bond donors (Lipinski definition) is 0. The smallest absolute Gasteiger partial charge is 0.242 e. The highest BCUT2D eigenvalue weighted by Crippen LogP contribution is 2.38. The molecular formula is C29H34N2O2S. The second-order valence-corrected chi connectivity index (χ2v) is 10.4. The van der Waals surface area contributed by atoms with Gasteiger partial charge in [0.2, 0.25) is 11.8 Å². The van der Waals surface area contributed by atoms with Gasteiger partial charge in [0, 0.05) is 18.0 Å². The summed E-state index contributed by atoms with van der Waals surface area (Å²) in [7, 11) is 0. The number of thiophene rings is 1. The molecule has 0 saturated carbocycles. The number of fused-ring (bicyclic) bond motifs is 1. The van der Waals surface area contributed by atoms with E-state index in [1.54, 1.807) is 16.2 Å². The van der Waals surface area contributed by atoms with E-state index in [0.717, 1.165) is 17.5 Å². The molecule has 1 aliphatic rings. The average Bonchev–Trinajstić information content (AvgIpc) is 3.33. The van der Waals surface area contributed by atoms with Gasteiger partial charge in [0.05, 0.1) is 18.5 Å². The quantitative estimate of drug-likeness (QED) is 0.408. The first kappa shape index (κ1) is 24.2. The molecule has 2 heterocycles. The van der Waals surface area contributed by atoms with Gasteiger partial charge in [0.15, 0.2) is 0 Å². The Morgan fingerprint density at radius 1 is 1.03 bits per heavy atom. The van der Waals surface area contributed by atoms with Gasteiger partial charge in [0.1, 0.15) is 0 Å². The van der Waals surface area contributed by atoms with E-state index in [0.29, 0.717) is 19.5 Å². The fourth-order valence-corrected chi connectivity index (χ4v) is 5.87. The highest BCUT2D eigenvalue weighted by atomic mass is 32.1. The second-order valence-electron chi connectivity index (χ2n) is 9.43. The van der Waals surface area contributed by atoms with Crippen molar-refractivity contribution in [3.05, 3.63) is 93.7 Å². The van der Waals surface area contributed by atoms with Crippen LogP contribution < -0.4 is 0 Å². The van der Waals surface area contributed by atoms with E-state index in [2.05, 4.69) is 37.4 Å². The monoisotopic (exact) mass is 474 g/mol. The lowest BCUT2D eigenvalue weighted by molar-refractivity contribution is -0.143. The van der Waals surface area contributed by atoms with Crippen molar-refractivity contribution in [3.63, 3.8) is 0 Å². The number of carbonyl (C=O) groups excluding carboxylic acids is 2. The molecule has 2 unspecified atom stereocenters. The van der Waals surface area contributed by atoms with E-state index in [4.69, 9.17) is 0 Å². The first-order valence-electron chi connectivity index (χ1n) is 12.2. The Bertz CT molecular complexity index is 1090. The van der Waals surface area contributed by atoms with Crippen molar-refractivity contribution in [2.24, 2.45) is 5.92 Å². The SMILES string of the molecule is CCC(C(=O)N(CC(=O)N1CCc2sccc2C1c1ccccc1)CC(C)C)c1ccccc1. The van der Waals surface area contributed by atoms with Crippen LogP contribution in [-0.2, 0) is 16.0 Å². The molecule has 0 aliphatic carbocycles.